The van der Waals surface area contributed by atoms with Crippen molar-refractivity contribution < 1.29 is 27.6 Å². The molecule has 0 saturated carbocycles. The first-order chi connectivity index (χ1) is 8.60. The van der Waals surface area contributed by atoms with Crippen molar-refractivity contribution in [2.75, 3.05) is 5.32 Å². The summed E-state index contributed by atoms with van der Waals surface area (Å²) in [5, 5.41) is 12.7. The van der Waals surface area contributed by atoms with Crippen LogP contribution in [-0.2, 0) is 4.79 Å². The van der Waals surface area contributed by atoms with E-state index in [4.69, 9.17) is 0 Å². The van der Waals surface area contributed by atoms with E-state index in [1.165, 1.54) is 0 Å². The number of nitro groups is 1. The van der Waals surface area contributed by atoms with Crippen LogP contribution in [0.2, 0.25) is 0 Å². The zero-order chi connectivity index (χ0) is 14.8. The summed E-state index contributed by atoms with van der Waals surface area (Å²) in [4.78, 5) is 20.6. The largest absolute Gasteiger partial charge is 0.429 e. The molecule has 0 aromatic heterocycles. The lowest BCUT2D eigenvalue weighted by Gasteiger charge is -2.14. The number of amides is 1. The van der Waals surface area contributed by atoms with Crippen molar-refractivity contribution in [3.05, 3.63) is 28.1 Å². The van der Waals surface area contributed by atoms with Crippen LogP contribution in [0.25, 0.3) is 0 Å². The summed E-state index contributed by atoms with van der Waals surface area (Å²) in [5.74, 6) is -2.90. The molecule has 9 heteroatoms. The molecule has 0 bridgehead atoms. The number of anilines is 1. The van der Waals surface area contributed by atoms with Crippen LogP contribution in [0, 0.1) is 15.9 Å². The fourth-order valence-corrected chi connectivity index (χ4v) is 1.25. The molecule has 0 radical (unpaired) electrons. The number of alkyl halides is 2. The minimum atomic E-state index is -3.69. The van der Waals surface area contributed by atoms with Crippen molar-refractivity contribution >= 4 is 17.3 Å². The molecule has 1 aromatic rings. The minimum Gasteiger partial charge on any atom is -0.429 e. The third kappa shape index (κ3) is 4.12. The Kier molecular flexibility index (Phi) is 3.98. The molecule has 19 heavy (non-hydrogen) atoms. The maximum absolute atomic E-state index is 13.4. The fraction of sp³-hybridized carbons (Fsp3) is 0.300. The van der Waals surface area contributed by atoms with Crippen LogP contribution in [0.15, 0.2) is 12.1 Å². The van der Waals surface area contributed by atoms with Crippen LogP contribution < -0.4 is 10.1 Å². The number of carbonyl (C=O) groups is 1. The highest BCUT2D eigenvalue weighted by molar-refractivity contribution is 5.91. The van der Waals surface area contributed by atoms with Crippen molar-refractivity contribution in [3.8, 4) is 5.75 Å². The Morgan fingerprint density at radius 2 is 2.05 bits per heavy atom. The molecular weight excluding hydrogens is 269 g/mol. The van der Waals surface area contributed by atoms with E-state index in [9.17, 15) is 28.1 Å². The third-order valence-corrected chi connectivity index (χ3v) is 1.85. The monoisotopic (exact) mass is 278 g/mol. The van der Waals surface area contributed by atoms with Gasteiger partial charge in [0.25, 0.3) is 5.69 Å². The second-order valence-corrected chi connectivity index (χ2v) is 3.65. The topological polar surface area (TPSA) is 81.5 Å². The standard InChI is InChI=1S/C10H9F3N2O4/c1-5(16)14-7-3-6(11)9(19-10(2,12)13)4-8(7)15(17)18/h3-4H,1-2H3,(H,14,16). The fourth-order valence-electron chi connectivity index (χ4n) is 1.25. The van der Waals surface area contributed by atoms with Gasteiger partial charge in [0, 0.05) is 19.9 Å². The van der Waals surface area contributed by atoms with Crippen LogP contribution >= 0.6 is 0 Å². The van der Waals surface area contributed by atoms with E-state index in [1.807, 2.05) is 5.32 Å². The number of nitrogens with zero attached hydrogens (tertiary/aromatic N) is 1. The van der Waals surface area contributed by atoms with Gasteiger partial charge in [0.2, 0.25) is 5.91 Å². The van der Waals surface area contributed by atoms with Crippen LogP contribution in [0.4, 0.5) is 24.5 Å². The minimum absolute atomic E-state index is 0.361. The van der Waals surface area contributed by atoms with Crippen LogP contribution in [0.1, 0.15) is 13.8 Å². The average molecular weight is 278 g/mol. The zero-order valence-corrected chi connectivity index (χ0v) is 9.87. The molecule has 0 aliphatic heterocycles. The SMILES string of the molecule is CC(=O)Nc1cc(F)c(OC(C)(F)F)cc1[N+](=O)[O-]. The maximum atomic E-state index is 13.4. The van der Waals surface area contributed by atoms with Crippen LogP contribution in [-0.4, -0.2) is 16.9 Å². The van der Waals surface area contributed by atoms with Gasteiger partial charge in [0.05, 0.1) is 11.0 Å². The summed E-state index contributed by atoms with van der Waals surface area (Å²) in [5.41, 5.74) is -1.20. The number of benzene rings is 1. The van der Waals surface area contributed by atoms with E-state index in [0.717, 1.165) is 6.92 Å². The molecule has 0 saturated heterocycles. The first-order valence-electron chi connectivity index (χ1n) is 4.92. The summed E-state index contributed by atoms with van der Waals surface area (Å²) in [6, 6.07) is 1.03. The molecule has 0 spiro atoms. The Balaban J connectivity index is 3.28. The molecule has 6 nitrogen and oxygen atoms in total. The highest BCUT2D eigenvalue weighted by Gasteiger charge is 2.28. The first kappa shape index (κ1) is 14.7. The molecule has 1 amide bonds. The van der Waals surface area contributed by atoms with E-state index in [1.54, 1.807) is 0 Å². The summed E-state index contributed by atoms with van der Waals surface area (Å²) in [6.45, 7) is 1.42. The Morgan fingerprint density at radius 3 is 2.47 bits per heavy atom. The van der Waals surface area contributed by atoms with Crippen molar-refractivity contribution in [1.29, 1.82) is 0 Å². The van der Waals surface area contributed by atoms with E-state index >= 15 is 0 Å². The number of nitrogens with one attached hydrogen (secondary N) is 1. The van der Waals surface area contributed by atoms with Crippen molar-refractivity contribution in [1.82, 2.24) is 0 Å². The van der Waals surface area contributed by atoms with Gasteiger partial charge in [0.15, 0.2) is 11.6 Å². The summed E-state index contributed by atoms with van der Waals surface area (Å²) < 4.78 is 42.6. The number of ether oxygens (including phenoxy) is 1. The molecule has 0 unspecified atom stereocenters. The predicted molar refractivity (Wildman–Crippen MR) is 58.6 cm³/mol. The van der Waals surface area contributed by atoms with Crippen molar-refractivity contribution in [2.45, 2.75) is 20.0 Å². The molecule has 1 aromatic carbocycles. The van der Waals surface area contributed by atoms with Crippen molar-refractivity contribution in [3.63, 3.8) is 0 Å². The quantitative estimate of drug-likeness (QED) is 0.678. The maximum Gasteiger partial charge on any atom is 0.395 e. The van der Waals surface area contributed by atoms with Crippen LogP contribution in [0.5, 0.6) is 5.75 Å². The molecule has 0 atom stereocenters. The highest BCUT2D eigenvalue weighted by Crippen LogP contribution is 2.34. The first-order valence-corrected chi connectivity index (χ1v) is 4.92. The lowest BCUT2D eigenvalue weighted by molar-refractivity contribution is -0.384. The summed E-state index contributed by atoms with van der Waals surface area (Å²) >= 11 is 0. The van der Waals surface area contributed by atoms with Gasteiger partial charge in [-0.2, -0.15) is 8.78 Å². The van der Waals surface area contributed by atoms with Crippen molar-refractivity contribution in [2.24, 2.45) is 0 Å². The van der Waals surface area contributed by atoms with E-state index in [-0.39, 0.29) is 0 Å². The summed E-state index contributed by atoms with van der Waals surface area (Å²) in [7, 11) is 0. The van der Waals surface area contributed by atoms with E-state index in [0.29, 0.717) is 19.1 Å². The van der Waals surface area contributed by atoms with Gasteiger partial charge in [-0.05, 0) is 0 Å². The van der Waals surface area contributed by atoms with Gasteiger partial charge >= 0.3 is 6.11 Å². The number of hydrogen-bond acceptors (Lipinski definition) is 4. The van der Waals surface area contributed by atoms with Gasteiger partial charge in [0.1, 0.15) is 5.69 Å². The van der Waals surface area contributed by atoms with Gasteiger partial charge in [-0.3, -0.25) is 14.9 Å². The van der Waals surface area contributed by atoms with E-state index < -0.39 is 39.9 Å². The van der Waals surface area contributed by atoms with Gasteiger partial charge < -0.3 is 10.1 Å². The second kappa shape index (κ2) is 5.12. The normalized spacial score (nSPS) is 11.0. The van der Waals surface area contributed by atoms with E-state index in [2.05, 4.69) is 4.74 Å². The van der Waals surface area contributed by atoms with Crippen LogP contribution in [0.3, 0.4) is 0 Å². The smallest absolute Gasteiger partial charge is 0.395 e. The lowest BCUT2D eigenvalue weighted by Crippen LogP contribution is -2.20. The Hall–Kier alpha value is -2.32. The highest BCUT2D eigenvalue weighted by atomic mass is 19.3. The average Bonchev–Trinajstić information content (AvgIpc) is 2.18. The Morgan fingerprint density at radius 1 is 1.47 bits per heavy atom. The molecule has 1 N–H and O–H groups in total. The number of hydrogen-bond donors (Lipinski definition) is 1. The zero-order valence-electron chi connectivity index (χ0n) is 9.87. The Labute approximate surface area is 105 Å². The molecule has 0 aliphatic rings. The van der Waals surface area contributed by atoms with Gasteiger partial charge in [-0.1, -0.05) is 0 Å². The van der Waals surface area contributed by atoms with Gasteiger partial charge in [-0.25, -0.2) is 4.39 Å². The lowest BCUT2D eigenvalue weighted by atomic mass is 10.2. The molecule has 0 aliphatic carbocycles. The molecule has 0 heterocycles. The summed E-state index contributed by atoms with van der Waals surface area (Å²) in [6.07, 6.45) is -3.69. The molecular formula is C10H9F3N2O4. The number of carbonyl (C=O) groups excluding carboxylic acids is 1. The number of halogens is 3. The predicted octanol–water partition coefficient (Wildman–Crippen LogP) is 2.68. The molecule has 0 fully saturated rings. The Bertz CT molecular complexity index is 528. The second-order valence-electron chi connectivity index (χ2n) is 3.65. The van der Waals surface area contributed by atoms with Gasteiger partial charge in [-0.15, -0.1) is 0 Å². The number of nitro benzene ring substituents is 1. The number of rotatable bonds is 4. The molecule has 104 valence electrons. The molecule has 1 rings (SSSR count). The third-order valence-electron chi connectivity index (χ3n) is 1.85.